The van der Waals surface area contributed by atoms with Crippen LogP contribution in [0.25, 0.3) is 10.8 Å². The highest BCUT2D eigenvalue weighted by Crippen LogP contribution is 2.49. The normalized spacial score (nSPS) is 12.3. The second-order valence-electron chi connectivity index (χ2n) is 10.3. The molecule has 20 nitrogen and oxygen atoms in total. The molecule has 0 unspecified atom stereocenters. The first kappa shape index (κ1) is 42.2. The molecular weight excluding hydrogens is 819 g/mol. The van der Waals surface area contributed by atoms with Gasteiger partial charge in [0.1, 0.15) is 27.7 Å². The summed E-state index contributed by atoms with van der Waals surface area (Å²) in [5, 5.41) is 42.0. The van der Waals surface area contributed by atoms with Gasteiger partial charge < -0.3 is 15.6 Å². The third kappa shape index (κ3) is 11.0. The summed E-state index contributed by atoms with van der Waals surface area (Å²) in [6.45, 7) is 1.83. The van der Waals surface area contributed by atoms with E-state index in [-0.39, 0.29) is 54.8 Å². The number of phenols is 1. The lowest BCUT2D eigenvalue weighted by atomic mass is 10.1. The van der Waals surface area contributed by atoms with Gasteiger partial charge in [0.05, 0.1) is 51.5 Å². The van der Waals surface area contributed by atoms with Crippen molar-refractivity contribution in [2.45, 2.75) is 39.3 Å². The minimum Gasteiger partial charge on any atom is -0.505 e. The molecule has 4 rings (SSSR count). The number of nitrogens with zero attached hydrogens (tertiary/aromatic N) is 4. The molecule has 4 aromatic rings. The third-order valence-electron chi connectivity index (χ3n) is 6.75. The van der Waals surface area contributed by atoms with Crippen LogP contribution < -0.4 is 10.5 Å². The van der Waals surface area contributed by atoms with Gasteiger partial charge in [0.2, 0.25) is 0 Å². The number of methoxy groups -OCH3 is 1. The monoisotopic (exact) mass is 845 g/mol. The van der Waals surface area contributed by atoms with Crippen molar-refractivity contribution in [3.05, 3.63) is 54.6 Å². The number of sulfone groups is 1. The number of nitrogen functional groups attached to an aromatic ring is 1. The molecule has 54 heavy (non-hydrogen) atoms. The summed E-state index contributed by atoms with van der Waals surface area (Å²) in [6.07, 6.45) is 2.92. The van der Waals surface area contributed by atoms with Crippen molar-refractivity contribution in [3.63, 3.8) is 0 Å². The summed E-state index contributed by atoms with van der Waals surface area (Å²) in [6, 6.07) is 12.0. The van der Waals surface area contributed by atoms with Gasteiger partial charge in [0, 0.05) is 10.1 Å². The Morgan fingerprint density at radius 2 is 1.61 bits per heavy atom. The van der Waals surface area contributed by atoms with Gasteiger partial charge in [0.25, 0.3) is 10.1 Å². The fraction of sp³-hybridized carbons (Fsp3) is 0.172. The lowest BCUT2D eigenvalue weighted by Gasteiger charge is -2.14. The number of unbranched alkanes of at least 4 members (excludes halogenated alkanes) is 1. The van der Waals surface area contributed by atoms with Crippen LogP contribution >= 0.6 is 23.8 Å². The van der Waals surface area contributed by atoms with E-state index in [4.69, 9.17) is 20.3 Å². The Labute approximate surface area is 316 Å². The number of hydrogen-bond donors (Lipinski definition) is 5. The van der Waals surface area contributed by atoms with Crippen LogP contribution in [0, 0.1) is 11.4 Å². The maximum Gasteiger partial charge on any atom is 0.433 e. The molecule has 0 amide bonds. The zero-order valence-corrected chi connectivity index (χ0v) is 31.6. The number of azo groups is 2. The minimum absolute atomic E-state index is 0.0201. The molecule has 0 aliphatic rings. The fourth-order valence-corrected chi connectivity index (χ4v) is 7.59. The summed E-state index contributed by atoms with van der Waals surface area (Å²) in [4.78, 5) is 3.52. The Balaban J connectivity index is 1.80. The Bertz CT molecular complexity index is 2490. The quantitative estimate of drug-likeness (QED) is 0.0111. The van der Waals surface area contributed by atoms with E-state index in [1.165, 1.54) is 37.4 Å². The molecule has 0 saturated carbocycles. The third-order valence-corrected chi connectivity index (χ3v) is 11.0. The average molecular weight is 846 g/mol. The maximum absolute atomic E-state index is 12.8. The van der Waals surface area contributed by atoms with E-state index in [0.717, 1.165) is 23.9 Å². The van der Waals surface area contributed by atoms with Crippen LogP contribution in [0.2, 0.25) is 0 Å². The van der Waals surface area contributed by atoms with Crippen LogP contribution in [0.4, 0.5) is 28.4 Å². The SMILES string of the molecule is CCCCS(=O)(=O)c1ccc(OC)c(N=Nc2c(S(=O)(=O)O)cc3cc(SOOO)c(N=Nc4ccc(SC#COOS(=O)(=O)O)cc4)c(N)c3c2O)c1. The predicted molar refractivity (Wildman–Crippen MR) is 193 cm³/mol. The van der Waals surface area contributed by atoms with Crippen molar-refractivity contribution in [2.75, 3.05) is 18.6 Å². The molecule has 0 heterocycles. The number of fused-ring (bicyclic) bond motifs is 1. The largest absolute Gasteiger partial charge is 0.505 e. The standard InChI is InChI=1S/C29H27N5O15S5/c1-3-4-13-52(37,38)20-9-10-22(45-2)21(16-20)32-34-28-24(53(39,40)41)15-17-14-23(51-48-47-36)27(26(30)25(17)29(28)35)33-31-18-5-7-19(8-6-18)50-12-11-46-49-54(42,43)44/h5-10,14-16,35-36H,3-4,13,30H2,1-2H3,(H,39,40,41)(H,42,43,44). The minimum atomic E-state index is -5.11. The molecule has 0 aliphatic heterocycles. The highest BCUT2D eigenvalue weighted by atomic mass is 32.3. The van der Waals surface area contributed by atoms with E-state index in [1.807, 2.05) is 13.0 Å². The van der Waals surface area contributed by atoms with Crippen LogP contribution in [0.1, 0.15) is 19.8 Å². The van der Waals surface area contributed by atoms with Crippen molar-refractivity contribution in [2.24, 2.45) is 20.5 Å². The Kier molecular flexibility index (Phi) is 14.2. The second-order valence-corrected chi connectivity index (χ2v) is 16.4. The molecule has 4 aromatic carbocycles. The van der Waals surface area contributed by atoms with E-state index in [0.29, 0.717) is 29.8 Å². The average Bonchev–Trinajstić information content (AvgIpc) is 3.11. The molecule has 0 aliphatic carbocycles. The molecule has 0 atom stereocenters. The van der Waals surface area contributed by atoms with E-state index < -0.39 is 46.7 Å². The van der Waals surface area contributed by atoms with Gasteiger partial charge in [-0.05, 0) is 82.5 Å². The highest BCUT2D eigenvalue weighted by Gasteiger charge is 2.26. The summed E-state index contributed by atoms with van der Waals surface area (Å²) < 4.78 is 104. The number of thioether (sulfide) groups is 1. The Morgan fingerprint density at radius 3 is 2.24 bits per heavy atom. The molecule has 25 heteroatoms. The number of rotatable bonds is 16. The number of aromatic hydroxyl groups is 1. The maximum atomic E-state index is 12.8. The lowest BCUT2D eigenvalue weighted by molar-refractivity contribution is -0.432. The molecular formula is C29H27N5O15S5. The topological polar surface area (TPSA) is 305 Å². The van der Waals surface area contributed by atoms with Crippen molar-refractivity contribution < 1.29 is 68.1 Å². The molecule has 0 spiro atoms. The van der Waals surface area contributed by atoms with Gasteiger partial charge in [-0.3, -0.25) is 14.0 Å². The molecule has 0 aromatic heterocycles. The van der Waals surface area contributed by atoms with E-state index in [9.17, 15) is 34.9 Å². The van der Waals surface area contributed by atoms with Crippen molar-refractivity contribution in [1.29, 1.82) is 0 Å². The van der Waals surface area contributed by atoms with E-state index >= 15 is 0 Å². The van der Waals surface area contributed by atoms with Crippen molar-refractivity contribution in [1.82, 2.24) is 0 Å². The van der Waals surface area contributed by atoms with Crippen LogP contribution in [-0.4, -0.2) is 57.6 Å². The molecule has 0 fully saturated rings. The van der Waals surface area contributed by atoms with Gasteiger partial charge in [-0.1, -0.05) is 18.4 Å². The zero-order chi connectivity index (χ0) is 39.7. The number of ether oxygens (including phenoxy) is 1. The first-order valence-electron chi connectivity index (χ1n) is 14.6. The summed E-state index contributed by atoms with van der Waals surface area (Å²) >= 11 is 1.27. The number of anilines is 1. The predicted octanol–water partition coefficient (Wildman–Crippen LogP) is 6.98. The van der Waals surface area contributed by atoms with Crippen molar-refractivity contribution in [3.8, 4) is 22.9 Å². The first-order chi connectivity index (χ1) is 25.5. The van der Waals surface area contributed by atoms with E-state index in [1.54, 1.807) is 12.1 Å². The van der Waals surface area contributed by atoms with E-state index in [2.05, 4.69) is 44.3 Å². The van der Waals surface area contributed by atoms with Crippen LogP contribution in [0.3, 0.4) is 0 Å². The molecule has 6 N–H and O–H groups in total. The van der Waals surface area contributed by atoms with Gasteiger partial charge in [-0.15, -0.1) is 19.7 Å². The number of benzene rings is 4. The second kappa shape index (κ2) is 18.2. The summed E-state index contributed by atoms with van der Waals surface area (Å²) in [5.41, 5.74) is 5.27. The smallest absolute Gasteiger partial charge is 0.433 e. The Hall–Kier alpha value is -4.59. The zero-order valence-electron chi connectivity index (χ0n) is 27.5. The first-order valence-corrected chi connectivity index (χ1v) is 20.6. The summed E-state index contributed by atoms with van der Waals surface area (Å²) in [7, 11) is -12.4. The number of nitrogens with two attached hydrogens (primary N) is 1. The number of hydrogen-bond acceptors (Lipinski definition) is 20. The lowest BCUT2D eigenvalue weighted by Crippen LogP contribution is -2.06. The molecule has 0 saturated heterocycles. The highest BCUT2D eigenvalue weighted by molar-refractivity contribution is 8.04. The van der Waals surface area contributed by atoms with Gasteiger partial charge in [-0.2, -0.15) is 21.9 Å². The van der Waals surface area contributed by atoms with Gasteiger partial charge >= 0.3 is 10.4 Å². The fourth-order valence-electron chi connectivity index (χ4n) is 4.37. The molecule has 0 bridgehead atoms. The summed E-state index contributed by atoms with van der Waals surface area (Å²) in [5.74, 6) is -0.974. The molecule has 288 valence electrons. The van der Waals surface area contributed by atoms with Crippen LogP contribution in [0.5, 0.6) is 11.5 Å². The van der Waals surface area contributed by atoms with Crippen LogP contribution in [0.15, 0.2) is 94.6 Å². The van der Waals surface area contributed by atoms with Gasteiger partial charge in [0.15, 0.2) is 21.7 Å². The van der Waals surface area contributed by atoms with Gasteiger partial charge in [-0.25, -0.2) is 13.7 Å². The van der Waals surface area contributed by atoms with Crippen molar-refractivity contribution >= 4 is 93.4 Å². The Morgan fingerprint density at radius 1 is 0.907 bits per heavy atom. The molecule has 0 radical (unpaired) electrons. The van der Waals surface area contributed by atoms with Crippen LogP contribution in [-0.2, 0) is 48.9 Å². The number of phenolic OH excluding ortho intramolecular Hbond substituents is 1.